The van der Waals surface area contributed by atoms with E-state index in [4.69, 9.17) is 4.52 Å². The van der Waals surface area contributed by atoms with Crippen molar-refractivity contribution in [3.05, 3.63) is 47.6 Å². The molecule has 0 bridgehead atoms. The van der Waals surface area contributed by atoms with Crippen molar-refractivity contribution in [2.24, 2.45) is 0 Å². The Morgan fingerprint density at radius 2 is 2.26 bits per heavy atom. The summed E-state index contributed by atoms with van der Waals surface area (Å²) in [6.07, 6.45) is 4.90. The van der Waals surface area contributed by atoms with Crippen molar-refractivity contribution in [3.8, 4) is 0 Å². The predicted octanol–water partition coefficient (Wildman–Crippen LogP) is 1.92. The molecule has 27 heavy (non-hydrogen) atoms. The zero-order valence-corrected chi connectivity index (χ0v) is 16.3. The van der Waals surface area contributed by atoms with Crippen LogP contribution in [0.5, 0.6) is 0 Å². The van der Waals surface area contributed by atoms with Gasteiger partial charge in [0.25, 0.3) is 5.91 Å². The summed E-state index contributed by atoms with van der Waals surface area (Å²) >= 11 is 0. The van der Waals surface area contributed by atoms with Crippen LogP contribution in [0.1, 0.15) is 54.4 Å². The van der Waals surface area contributed by atoms with Crippen molar-refractivity contribution >= 4 is 15.9 Å². The molecule has 0 saturated carbocycles. The molecule has 146 valence electrons. The number of amides is 1. The van der Waals surface area contributed by atoms with Crippen molar-refractivity contribution in [3.63, 3.8) is 0 Å². The van der Waals surface area contributed by atoms with E-state index in [0.717, 1.165) is 18.4 Å². The van der Waals surface area contributed by atoms with E-state index in [9.17, 15) is 13.2 Å². The normalized spacial score (nSPS) is 18.6. The predicted molar refractivity (Wildman–Crippen MR) is 99.5 cm³/mol. The van der Waals surface area contributed by atoms with Crippen LogP contribution in [0, 0.1) is 0 Å². The summed E-state index contributed by atoms with van der Waals surface area (Å²) in [7, 11) is -3.30. The fraction of sp³-hybridized carbons (Fsp3) is 0.500. The fourth-order valence-corrected chi connectivity index (χ4v) is 4.44. The largest absolute Gasteiger partial charge is 0.360 e. The van der Waals surface area contributed by atoms with Gasteiger partial charge in [-0.25, -0.2) is 12.7 Å². The quantitative estimate of drug-likeness (QED) is 0.805. The van der Waals surface area contributed by atoms with E-state index in [0.29, 0.717) is 25.4 Å². The molecule has 8 nitrogen and oxygen atoms in total. The van der Waals surface area contributed by atoms with Crippen molar-refractivity contribution < 1.29 is 17.7 Å². The lowest BCUT2D eigenvalue weighted by molar-refractivity contribution is 0.0941. The van der Waals surface area contributed by atoms with E-state index in [2.05, 4.69) is 15.5 Å². The minimum atomic E-state index is -3.30. The van der Waals surface area contributed by atoms with Gasteiger partial charge < -0.3 is 9.84 Å². The van der Waals surface area contributed by atoms with Gasteiger partial charge in [-0.2, -0.15) is 0 Å². The summed E-state index contributed by atoms with van der Waals surface area (Å²) in [5.41, 5.74) is 1.08. The van der Waals surface area contributed by atoms with Gasteiger partial charge in [0.1, 0.15) is 5.76 Å². The Kier molecular flexibility index (Phi) is 5.91. The van der Waals surface area contributed by atoms with E-state index >= 15 is 0 Å². The number of aromatic nitrogens is 2. The molecule has 2 aromatic rings. The molecule has 1 saturated heterocycles. The number of hydrogen-bond acceptors (Lipinski definition) is 6. The summed E-state index contributed by atoms with van der Waals surface area (Å²) in [6, 6.07) is 5.28. The zero-order chi connectivity index (χ0) is 19.4. The highest BCUT2D eigenvalue weighted by atomic mass is 32.2. The lowest BCUT2D eigenvalue weighted by Crippen LogP contribution is -2.42. The molecule has 0 aliphatic carbocycles. The van der Waals surface area contributed by atoms with Gasteiger partial charge in [-0.15, -0.1) is 0 Å². The van der Waals surface area contributed by atoms with Crippen molar-refractivity contribution in [1.82, 2.24) is 19.8 Å². The second-order valence-corrected chi connectivity index (χ2v) is 9.44. The lowest BCUT2D eigenvalue weighted by Gasteiger charge is -2.31. The number of pyridine rings is 1. The number of carbonyl (C=O) groups excluding carboxylic acids is 1. The second kappa shape index (κ2) is 8.18. The maximum atomic E-state index is 12.4. The summed E-state index contributed by atoms with van der Waals surface area (Å²) in [5.74, 6) is 0.112. The first-order valence-corrected chi connectivity index (χ1v) is 10.5. The minimum Gasteiger partial charge on any atom is -0.360 e. The van der Waals surface area contributed by atoms with Crippen LogP contribution in [0.15, 0.2) is 35.1 Å². The monoisotopic (exact) mass is 392 g/mol. The van der Waals surface area contributed by atoms with Crippen LogP contribution in [-0.2, 0) is 16.6 Å². The van der Waals surface area contributed by atoms with Crippen LogP contribution in [-0.4, -0.2) is 47.1 Å². The van der Waals surface area contributed by atoms with Gasteiger partial charge in [0.2, 0.25) is 10.0 Å². The Bertz CT molecular complexity index is 880. The molecule has 9 heteroatoms. The number of hydrogen-bond donors (Lipinski definition) is 1. The van der Waals surface area contributed by atoms with E-state index in [-0.39, 0.29) is 17.5 Å². The SMILES string of the molecule is CC(C)S(=O)(=O)N1CCCC(c2cc(C(=O)NCc3cccnc3)no2)C1. The molecule has 3 heterocycles. The Balaban J connectivity index is 1.63. The highest BCUT2D eigenvalue weighted by Crippen LogP contribution is 2.29. The van der Waals surface area contributed by atoms with Crippen molar-refractivity contribution in [2.75, 3.05) is 13.1 Å². The number of nitrogens with one attached hydrogen (secondary N) is 1. The maximum Gasteiger partial charge on any atom is 0.273 e. The molecule has 1 amide bonds. The third kappa shape index (κ3) is 4.54. The molecule has 0 radical (unpaired) electrons. The molecule has 1 N–H and O–H groups in total. The van der Waals surface area contributed by atoms with Gasteiger partial charge >= 0.3 is 0 Å². The molecule has 0 spiro atoms. The van der Waals surface area contributed by atoms with Gasteiger partial charge in [-0.05, 0) is 38.3 Å². The standard InChI is InChI=1S/C18H24N4O4S/c1-13(2)27(24,25)22-8-4-6-15(12-22)17-9-16(21-26-17)18(23)20-11-14-5-3-7-19-10-14/h3,5,7,9-10,13,15H,4,6,8,11-12H2,1-2H3,(H,20,23). The van der Waals surface area contributed by atoms with Crippen LogP contribution >= 0.6 is 0 Å². The summed E-state index contributed by atoms with van der Waals surface area (Å²) in [4.78, 5) is 16.3. The summed E-state index contributed by atoms with van der Waals surface area (Å²) < 4.78 is 31.7. The first-order valence-electron chi connectivity index (χ1n) is 9.00. The molecule has 1 aliphatic rings. The Labute approximate surface area is 159 Å². The molecular weight excluding hydrogens is 368 g/mol. The maximum absolute atomic E-state index is 12.4. The number of rotatable bonds is 6. The van der Waals surface area contributed by atoms with E-state index in [1.54, 1.807) is 38.4 Å². The highest BCUT2D eigenvalue weighted by Gasteiger charge is 2.33. The van der Waals surface area contributed by atoms with Crippen LogP contribution < -0.4 is 5.32 Å². The Morgan fingerprint density at radius 1 is 1.44 bits per heavy atom. The first kappa shape index (κ1) is 19.5. The molecule has 2 aromatic heterocycles. The molecule has 1 fully saturated rings. The Hall–Kier alpha value is -2.26. The van der Waals surface area contributed by atoms with Gasteiger partial charge in [0.05, 0.1) is 5.25 Å². The van der Waals surface area contributed by atoms with Crippen LogP contribution in [0.4, 0.5) is 0 Å². The molecule has 1 atom stereocenters. The fourth-order valence-electron chi connectivity index (χ4n) is 3.07. The van der Waals surface area contributed by atoms with E-state index in [1.807, 2.05) is 6.07 Å². The first-order chi connectivity index (χ1) is 12.9. The molecule has 1 aliphatic heterocycles. The van der Waals surface area contributed by atoms with Crippen molar-refractivity contribution in [2.45, 2.75) is 44.4 Å². The number of sulfonamides is 1. The third-order valence-electron chi connectivity index (χ3n) is 4.68. The van der Waals surface area contributed by atoms with Gasteiger partial charge in [0.15, 0.2) is 5.69 Å². The van der Waals surface area contributed by atoms with E-state index in [1.165, 1.54) is 4.31 Å². The lowest BCUT2D eigenvalue weighted by atomic mass is 9.97. The van der Waals surface area contributed by atoms with Gasteiger partial charge in [-0.3, -0.25) is 9.78 Å². The number of carbonyl (C=O) groups is 1. The summed E-state index contributed by atoms with van der Waals surface area (Å²) in [6.45, 7) is 4.57. The van der Waals surface area contributed by atoms with Crippen LogP contribution in [0.2, 0.25) is 0 Å². The van der Waals surface area contributed by atoms with Crippen molar-refractivity contribution in [1.29, 1.82) is 0 Å². The Morgan fingerprint density at radius 3 is 2.96 bits per heavy atom. The zero-order valence-electron chi connectivity index (χ0n) is 15.5. The topological polar surface area (TPSA) is 105 Å². The summed E-state index contributed by atoms with van der Waals surface area (Å²) in [5, 5.41) is 6.17. The van der Waals surface area contributed by atoms with Gasteiger partial charge in [0, 0.05) is 44.0 Å². The highest BCUT2D eigenvalue weighted by molar-refractivity contribution is 7.89. The smallest absolute Gasteiger partial charge is 0.273 e. The average Bonchev–Trinajstić information content (AvgIpc) is 3.17. The number of piperidine rings is 1. The molecular formula is C18H24N4O4S. The molecule has 3 rings (SSSR count). The van der Waals surface area contributed by atoms with Gasteiger partial charge in [-0.1, -0.05) is 11.2 Å². The molecule has 0 aromatic carbocycles. The number of nitrogens with zero attached hydrogens (tertiary/aromatic N) is 3. The van der Waals surface area contributed by atoms with Crippen LogP contribution in [0.25, 0.3) is 0 Å². The third-order valence-corrected chi connectivity index (χ3v) is 6.92. The molecule has 1 unspecified atom stereocenters. The minimum absolute atomic E-state index is 0.0975. The van der Waals surface area contributed by atoms with Crippen LogP contribution in [0.3, 0.4) is 0 Å². The van der Waals surface area contributed by atoms with E-state index < -0.39 is 15.3 Å². The average molecular weight is 392 g/mol. The second-order valence-electron chi connectivity index (χ2n) is 6.95.